The van der Waals surface area contributed by atoms with Crippen molar-refractivity contribution in [2.75, 3.05) is 5.32 Å². The molecule has 0 aliphatic rings. The summed E-state index contributed by atoms with van der Waals surface area (Å²) in [5.41, 5.74) is 2.56. The molecule has 0 aliphatic heterocycles. The molecule has 2 N–H and O–H groups in total. The second-order valence-electron chi connectivity index (χ2n) is 4.45. The second-order valence-corrected chi connectivity index (χ2v) is 4.45. The third-order valence-corrected chi connectivity index (χ3v) is 2.91. The third kappa shape index (κ3) is 3.30. The van der Waals surface area contributed by atoms with Crippen LogP contribution in [0.25, 0.3) is 0 Å². The fourth-order valence-electron chi connectivity index (χ4n) is 1.87. The molecule has 2 aromatic rings. The molecule has 2 rings (SSSR count). The Labute approximate surface area is 116 Å². The number of aliphatic hydroxyl groups is 1. The van der Waals surface area contributed by atoms with Gasteiger partial charge in [-0.05, 0) is 23.6 Å². The zero-order chi connectivity index (χ0) is 14.5. The van der Waals surface area contributed by atoms with Gasteiger partial charge in [-0.3, -0.25) is 10.1 Å². The highest BCUT2D eigenvalue weighted by Gasteiger charge is 2.09. The van der Waals surface area contributed by atoms with Gasteiger partial charge in [0.15, 0.2) is 0 Å². The predicted octanol–water partition coefficient (Wildman–Crippen LogP) is 2.40. The zero-order valence-electron chi connectivity index (χ0n) is 11.0. The predicted molar refractivity (Wildman–Crippen MR) is 75.3 cm³/mol. The van der Waals surface area contributed by atoms with Gasteiger partial charge < -0.3 is 10.4 Å². The molecule has 0 unspecified atom stereocenters. The SMILES string of the molecule is Cc1cc([N+](=O)[O-])cnc1NCc1cccc(CO)c1. The minimum absolute atomic E-state index is 0.00263. The molecule has 0 saturated heterocycles. The maximum atomic E-state index is 10.6. The van der Waals surface area contributed by atoms with E-state index in [4.69, 9.17) is 5.11 Å². The highest BCUT2D eigenvalue weighted by atomic mass is 16.6. The van der Waals surface area contributed by atoms with E-state index in [0.717, 1.165) is 16.7 Å². The summed E-state index contributed by atoms with van der Waals surface area (Å²) in [5.74, 6) is 0.616. The number of aromatic nitrogens is 1. The van der Waals surface area contributed by atoms with E-state index >= 15 is 0 Å². The molecule has 0 atom stereocenters. The van der Waals surface area contributed by atoms with E-state index in [-0.39, 0.29) is 12.3 Å². The third-order valence-electron chi connectivity index (χ3n) is 2.91. The molecule has 0 amide bonds. The Bertz CT molecular complexity index is 629. The summed E-state index contributed by atoms with van der Waals surface area (Å²) in [6, 6.07) is 9.04. The first-order chi connectivity index (χ1) is 9.60. The maximum absolute atomic E-state index is 10.6. The molecule has 1 aromatic heterocycles. The van der Waals surface area contributed by atoms with Crippen LogP contribution < -0.4 is 5.32 Å². The molecule has 0 aliphatic carbocycles. The summed E-state index contributed by atoms with van der Waals surface area (Å²) in [7, 11) is 0. The fraction of sp³-hybridized carbons (Fsp3) is 0.214. The lowest BCUT2D eigenvalue weighted by molar-refractivity contribution is -0.385. The molecule has 0 saturated carbocycles. The molecule has 6 nitrogen and oxygen atoms in total. The number of rotatable bonds is 5. The first kappa shape index (κ1) is 14.0. The molecule has 0 spiro atoms. The number of nitro groups is 1. The normalized spacial score (nSPS) is 10.3. The molecule has 0 fully saturated rings. The molecular weight excluding hydrogens is 258 g/mol. The largest absolute Gasteiger partial charge is 0.392 e. The van der Waals surface area contributed by atoms with Crippen molar-refractivity contribution in [3.63, 3.8) is 0 Å². The second kappa shape index (κ2) is 6.12. The van der Waals surface area contributed by atoms with Crippen LogP contribution in [-0.2, 0) is 13.2 Å². The Kier molecular flexibility index (Phi) is 4.27. The molecule has 104 valence electrons. The van der Waals surface area contributed by atoms with Gasteiger partial charge in [0.25, 0.3) is 5.69 Å². The van der Waals surface area contributed by atoms with Crippen molar-refractivity contribution in [2.24, 2.45) is 0 Å². The molecule has 0 bridgehead atoms. The summed E-state index contributed by atoms with van der Waals surface area (Å²) >= 11 is 0. The van der Waals surface area contributed by atoms with Gasteiger partial charge in [0, 0.05) is 12.6 Å². The number of pyridine rings is 1. The van der Waals surface area contributed by atoms with Crippen LogP contribution in [0.5, 0.6) is 0 Å². The maximum Gasteiger partial charge on any atom is 0.287 e. The van der Waals surface area contributed by atoms with E-state index in [1.165, 1.54) is 12.3 Å². The van der Waals surface area contributed by atoms with Crippen molar-refractivity contribution in [2.45, 2.75) is 20.1 Å². The van der Waals surface area contributed by atoms with E-state index in [0.29, 0.717) is 12.4 Å². The quantitative estimate of drug-likeness (QED) is 0.645. The highest BCUT2D eigenvalue weighted by molar-refractivity contribution is 5.48. The molecule has 0 radical (unpaired) electrons. The van der Waals surface area contributed by atoms with E-state index in [1.807, 2.05) is 24.3 Å². The van der Waals surface area contributed by atoms with Crippen LogP contribution in [-0.4, -0.2) is 15.0 Å². The first-order valence-corrected chi connectivity index (χ1v) is 6.13. The fourth-order valence-corrected chi connectivity index (χ4v) is 1.87. The van der Waals surface area contributed by atoms with Crippen molar-refractivity contribution in [1.29, 1.82) is 0 Å². The van der Waals surface area contributed by atoms with Crippen LogP contribution in [0.1, 0.15) is 16.7 Å². The average molecular weight is 273 g/mol. The Morgan fingerprint density at radius 2 is 2.10 bits per heavy atom. The minimum atomic E-state index is -0.464. The van der Waals surface area contributed by atoms with Gasteiger partial charge in [-0.1, -0.05) is 24.3 Å². The van der Waals surface area contributed by atoms with Gasteiger partial charge in [0.2, 0.25) is 0 Å². The van der Waals surface area contributed by atoms with Crippen LogP contribution in [0.2, 0.25) is 0 Å². The molecular formula is C14H15N3O3. The monoisotopic (exact) mass is 273 g/mol. The first-order valence-electron chi connectivity index (χ1n) is 6.13. The number of anilines is 1. The average Bonchev–Trinajstić information content (AvgIpc) is 2.46. The zero-order valence-corrected chi connectivity index (χ0v) is 11.0. The van der Waals surface area contributed by atoms with Crippen LogP contribution in [0, 0.1) is 17.0 Å². The minimum Gasteiger partial charge on any atom is -0.392 e. The summed E-state index contributed by atoms with van der Waals surface area (Å²) < 4.78 is 0. The summed E-state index contributed by atoms with van der Waals surface area (Å²) in [6.07, 6.45) is 1.24. The van der Waals surface area contributed by atoms with E-state index in [1.54, 1.807) is 6.92 Å². The lowest BCUT2D eigenvalue weighted by Gasteiger charge is -2.09. The number of hydrogen-bond acceptors (Lipinski definition) is 5. The van der Waals surface area contributed by atoms with Gasteiger partial charge in [-0.2, -0.15) is 0 Å². The standard InChI is InChI=1S/C14H15N3O3/c1-10-5-13(17(19)20)8-16-14(10)15-7-11-3-2-4-12(6-11)9-18/h2-6,8,18H,7,9H2,1H3,(H,15,16). The molecule has 20 heavy (non-hydrogen) atoms. The van der Waals surface area contributed by atoms with Crippen molar-refractivity contribution < 1.29 is 10.0 Å². The molecule has 6 heteroatoms. The number of benzene rings is 1. The number of aryl methyl sites for hydroxylation is 1. The number of nitrogens with zero attached hydrogens (tertiary/aromatic N) is 2. The van der Waals surface area contributed by atoms with Gasteiger partial charge >= 0.3 is 0 Å². The number of nitrogens with one attached hydrogen (secondary N) is 1. The lowest BCUT2D eigenvalue weighted by atomic mass is 10.1. The van der Waals surface area contributed by atoms with E-state index in [2.05, 4.69) is 10.3 Å². The Morgan fingerprint density at radius 3 is 2.75 bits per heavy atom. The van der Waals surface area contributed by atoms with Crippen molar-refractivity contribution in [3.8, 4) is 0 Å². The van der Waals surface area contributed by atoms with Gasteiger partial charge in [-0.15, -0.1) is 0 Å². The summed E-state index contributed by atoms with van der Waals surface area (Å²) in [6.45, 7) is 2.31. The van der Waals surface area contributed by atoms with E-state index in [9.17, 15) is 10.1 Å². The van der Waals surface area contributed by atoms with Crippen molar-refractivity contribution in [1.82, 2.24) is 4.98 Å². The molecule has 1 aromatic carbocycles. The Morgan fingerprint density at radius 1 is 1.35 bits per heavy atom. The van der Waals surface area contributed by atoms with E-state index < -0.39 is 4.92 Å². The highest BCUT2D eigenvalue weighted by Crippen LogP contribution is 2.18. The summed E-state index contributed by atoms with van der Waals surface area (Å²) in [4.78, 5) is 14.2. The van der Waals surface area contributed by atoms with Crippen molar-refractivity contribution >= 4 is 11.5 Å². The van der Waals surface area contributed by atoms with Gasteiger partial charge in [-0.25, -0.2) is 4.98 Å². The smallest absolute Gasteiger partial charge is 0.287 e. The molecule has 1 heterocycles. The van der Waals surface area contributed by atoms with Crippen LogP contribution >= 0.6 is 0 Å². The topological polar surface area (TPSA) is 88.3 Å². The van der Waals surface area contributed by atoms with Gasteiger partial charge in [0.1, 0.15) is 12.0 Å². The Balaban J connectivity index is 2.08. The Hall–Kier alpha value is -2.47. The number of aliphatic hydroxyl groups excluding tert-OH is 1. The number of hydrogen-bond donors (Lipinski definition) is 2. The van der Waals surface area contributed by atoms with Gasteiger partial charge in [0.05, 0.1) is 11.5 Å². The van der Waals surface area contributed by atoms with Crippen LogP contribution in [0.15, 0.2) is 36.5 Å². The lowest BCUT2D eigenvalue weighted by Crippen LogP contribution is -2.04. The van der Waals surface area contributed by atoms with Crippen LogP contribution in [0.3, 0.4) is 0 Å². The van der Waals surface area contributed by atoms with Crippen LogP contribution in [0.4, 0.5) is 11.5 Å². The van der Waals surface area contributed by atoms with Crippen molar-refractivity contribution in [3.05, 3.63) is 63.3 Å². The summed E-state index contributed by atoms with van der Waals surface area (Å²) in [5, 5.41) is 22.8.